The van der Waals surface area contributed by atoms with Gasteiger partial charge >= 0.3 is 6.18 Å². The average Bonchev–Trinajstić information content (AvgIpc) is 3.09. The number of halogens is 3. The maximum Gasteiger partial charge on any atom is 0.416 e. The number of rotatable bonds is 6. The molecule has 32 heavy (non-hydrogen) atoms. The van der Waals surface area contributed by atoms with Crippen molar-refractivity contribution in [1.82, 2.24) is 9.88 Å². The number of benzene rings is 2. The molecule has 0 saturated heterocycles. The Labute approximate surface area is 186 Å². The average molecular weight is 465 g/mol. The highest BCUT2D eigenvalue weighted by Crippen LogP contribution is 2.29. The second-order valence-corrected chi connectivity index (χ2v) is 8.19. The van der Waals surface area contributed by atoms with E-state index in [2.05, 4.69) is 10.3 Å². The molecule has 2 aromatic carbocycles. The molecule has 0 saturated carbocycles. The summed E-state index contributed by atoms with van der Waals surface area (Å²) in [5.74, 6) is -1.12. The lowest BCUT2D eigenvalue weighted by molar-refractivity contribution is -0.137. The van der Waals surface area contributed by atoms with Crippen LogP contribution in [-0.2, 0) is 15.7 Å². The predicted octanol–water partition coefficient (Wildman–Crippen LogP) is 4.09. The van der Waals surface area contributed by atoms with Crippen LogP contribution < -0.4 is 10.1 Å². The molecule has 10 heteroatoms. The highest BCUT2D eigenvalue weighted by molar-refractivity contribution is 7.16. The van der Waals surface area contributed by atoms with Gasteiger partial charge in [0.25, 0.3) is 5.91 Å². The molecule has 1 N–H and O–H groups in total. The van der Waals surface area contributed by atoms with Gasteiger partial charge in [0.1, 0.15) is 6.04 Å². The first-order chi connectivity index (χ1) is 15.1. The SMILES string of the molecule is COCCNC(=O)[C@H](C)n1c(=NC(=O)c2cccc(C(F)(F)F)c2)sc2cc(C)ccc21. The number of amides is 2. The molecule has 2 amide bonds. The van der Waals surface area contributed by atoms with Crippen molar-refractivity contribution < 1.29 is 27.5 Å². The van der Waals surface area contributed by atoms with Crippen molar-refractivity contribution >= 4 is 33.4 Å². The molecule has 0 fully saturated rings. The van der Waals surface area contributed by atoms with Crippen LogP contribution in [0.3, 0.4) is 0 Å². The lowest BCUT2D eigenvalue weighted by Gasteiger charge is -2.15. The number of nitrogens with zero attached hydrogens (tertiary/aromatic N) is 2. The maximum absolute atomic E-state index is 13.0. The van der Waals surface area contributed by atoms with Crippen molar-refractivity contribution in [3.8, 4) is 0 Å². The van der Waals surface area contributed by atoms with Gasteiger partial charge in [-0.25, -0.2) is 0 Å². The highest BCUT2D eigenvalue weighted by Gasteiger charge is 2.31. The van der Waals surface area contributed by atoms with Crippen molar-refractivity contribution in [3.63, 3.8) is 0 Å². The summed E-state index contributed by atoms with van der Waals surface area (Å²) in [5.41, 5.74) is 0.575. The molecule has 6 nitrogen and oxygen atoms in total. The Kier molecular flexibility index (Phi) is 7.15. The zero-order chi connectivity index (χ0) is 23.5. The summed E-state index contributed by atoms with van der Waals surface area (Å²) < 4.78 is 46.4. The number of hydrogen-bond acceptors (Lipinski definition) is 4. The first-order valence-electron chi connectivity index (χ1n) is 9.76. The van der Waals surface area contributed by atoms with Crippen molar-refractivity contribution in [2.24, 2.45) is 4.99 Å². The molecular weight excluding hydrogens is 443 g/mol. The summed E-state index contributed by atoms with van der Waals surface area (Å²) in [5, 5.41) is 2.75. The minimum Gasteiger partial charge on any atom is -0.383 e. The van der Waals surface area contributed by atoms with Crippen molar-refractivity contribution in [2.45, 2.75) is 26.1 Å². The summed E-state index contributed by atoms with van der Waals surface area (Å²) >= 11 is 1.19. The fraction of sp³-hybridized carbons (Fsp3) is 0.318. The van der Waals surface area contributed by atoms with Gasteiger partial charge in [0, 0.05) is 19.2 Å². The minimum atomic E-state index is -4.57. The molecule has 0 spiro atoms. The van der Waals surface area contributed by atoms with Gasteiger partial charge in [-0.2, -0.15) is 18.2 Å². The number of carbonyl (C=O) groups excluding carboxylic acids is 2. The number of thiazole rings is 1. The number of aromatic nitrogens is 1. The Morgan fingerprint density at radius 3 is 2.66 bits per heavy atom. The lowest BCUT2D eigenvalue weighted by Crippen LogP contribution is -2.36. The molecule has 0 aliphatic heterocycles. The quantitative estimate of drug-likeness (QED) is 0.558. The predicted molar refractivity (Wildman–Crippen MR) is 115 cm³/mol. The number of nitrogens with one attached hydrogen (secondary N) is 1. The lowest BCUT2D eigenvalue weighted by atomic mass is 10.1. The molecule has 0 radical (unpaired) electrons. The van der Waals surface area contributed by atoms with Gasteiger partial charge < -0.3 is 14.6 Å². The molecular formula is C22H22F3N3O3S. The van der Waals surface area contributed by atoms with Crippen molar-refractivity contribution in [2.75, 3.05) is 20.3 Å². The van der Waals surface area contributed by atoms with E-state index in [1.807, 2.05) is 25.1 Å². The van der Waals surface area contributed by atoms with Crippen LogP contribution in [-0.4, -0.2) is 36.6 Å². The third-order valence-electron chi connectivity index (χ3n) is 4.79. The first kappa shape index (κ1) is 23.7. The summed E-state index contributed by atoms with van der Waals surface area (Å²) in [4.78, 5) is 29.7. The molecule has 1 atom stereocenters. The van der Waals surface area contributed by atoms with Crippen LogP contribution in [0.4, 0.5) is 13.2 Å². The third kappa shape index (κ3) is 5.25. The first-order valence-corrected chi connectivity index (χ1v) is 10.6. The van der Waals surface area contributed by atoms with Gasteiger partial charge in [-0.1, -0.05) is 23.5 Å². The fourth-order valence-corrected chi connectivity index (χ4v) is 4.32. The van der Waals surface area contributed by atoms with Crippen LogP contribution in [0.1, 0.15) is 34.5 Å². The normalized spacial score (nSPS) is 13.4. The molecule has 0 aliphatic carbocycles. The molecule has 0 unspecified atom stereocenters. The number of hydrogen-bond donors (Lipinski definition) is 1. The van der Waals surface area contributed by atoms with E-state index in [9.17, 15) is 22.8 Å². The molecule has 1 heterocycles. The molecule has 3 rings (SSSR count). The Morgan fingerprint density at radius 2 is 1.97 bits per heavy atom. The second-order valence-electron chi connectivity index (χ2n) is 7.18. The Morgan fingerprint density at radius 1 is 1.22 bits per heavy atom. The van der Waals surface area contributed by atoms with Crippen LogP contribution in [0, 0.1) is 6.92 Å². The van der Waals surface area contributed by atoms with E-state index < -0.39 is 23.7 Å². The Bertz CT molecular complexity index is 1210. The fourth-order valence-electron chi connectivity index (χ4n) is 3.12. The standard InChI is InChI=1S/C22H22F3N3O3S/c1-13-7-8-17-18(11-13)32-21(28(17)14(2)19(29)26-9-10-31-3)27-20(30)15-5-4-6-16(12-15)22(23,24)25/h4-8,11-12,14H,9-10H2,1-3H3,(H,26,29)/t14-/m0/s1. The Balaban J connectivity index is 2.07. The van der Waals surface area contributed by atoms with Crippen molar-refractivity contribution in [3.05, 3.63) is 64.0 Å². The molecule has 0 aliphatic rings. The molecule has 3 aromatic rings. The van der Waals surface area contributed by atoms with Crippen LogP contribution >= 0.6 is 11.3 Å². The number of ether oxygens (including phenoxy) is 1. The monoisotopic (exact) mass is 465 g/mol. The van der Waals surface area contributed by atoms with E-state index >= 15 is 0 Å². The number of methoxy groups -OCH3 is 1. The number of fused-ring (bicyclic) bond motifs is 1. The van der Waals surface area contributed by atoms with Gasteiger partial charge in [0.2, 0.25) is 5.91 Å². The topological polar surface area (TPSA) is 72.7 Å². The largest absolute Gasteiger partial charge is 0.416 e. The minimum absolute atomic E-state index is 0.183. The van der Waals surface area contributed by atoms with E-state index in [4.69, 9.17) is 4.74 Å². The second kappa shape index (κ2) is 9.66. The van der Waals surface area contributed by atoms with Crippen LogP contribution in [0.2, 0.25) is 0 Å². The van der Waals surface area contributed by atoms with Gasteiger partial charge in [-0.15, -0.1) is 0 Å². The smallest absolute Gasteiger partial charge is 0.383 e. The van der Waals surface area contributed by atoms with E-state index in [-0.39, 0.29) is 16.3 Å². The summed E-state index contributed by atoms with van der Waals surface area (Å²) in [6, 6.07) is 9.01. The van der Waals surface area contributed by atoms with Gasteiger partial charge in [0.15, 0.2) is 4.80 Å². The van der Waals surface area contributed by atoms with E-state index in [0.717, 1.165) is 22.4 Å². The van der Waals surface area contributed by atoms with Crippen LogP contribution in [0.25, 0.3) is 10.2 Å². The molecule has 0 bridgehead atoms. The highest BCUT2D eigenvalue weighted by atomic mass is 32.1. The zero-order valence-electron chi connectivity index (χ0n) is 17.7. The Hall–Kier alpha value is -2.98. The third-order valence-corrected chi connectivity index (χ3v) is 5.81. The zero-order valence-corrected chi connectivity index (χ0v) is 18.5. The van der Waals surface area contributed by atoms with Gasteiger partial charge in [-0.3, -0.25) is 9.59 Å². The van der Waals surface area contributed by atoms with Crippen molar-refractivity contribution in [1.29, 1.82) is 0 Å². The van der Waals surface area contributed by atoms with Gasteiger partial charge in [-0.05, 0) is 49.7 Å². The summed E-state index contributed by atoms with van der Waals surface area (Å²) in [6.07, 6.45) is -4.57. The van der Waals surface area contributed by atoms with Crippen LogP contribution in [0.5, 0.6) is 0 Å². The van der Waals surface area contributed by atoms with Gasteiger partial charge in [0.05, 0.1) is 22.4 Å². The molecule has 1 aromatic heterocycles. The van der Waals surface area contributed by atoms with Crippen LogP contribution in [0.15, 0.2) is 47.5 Å². The number of aryl methyl sites for hydroxylation is 1. The van der Waals surface area contributed by atoms with E-state index in [1.54, 1.807) is 11.5 Å². The number of alkyl halides is 3. The van der Waals surface area contributed by atoms with E-state index in [1.165, 1.54) is 30.6 Å². The maximum atomic E-state index is 13.0. The number of carbonyl (C=O) groups is 2. The summed E-state index contributed by atoms with van der Waals surface area (Å²) in [7, 11) is 1.52. The summed E-state index contributed by atoms with van der Waals surface area (Å²) in [6.45, 7) is 4.24. The molecule has 170 valence electrons. The van der Waals surface area contributed by atoms with E-state index in [0.29, 0.717) is 18.7 Å².